The highest BCUT2D eigenvalue weighted by Crippen LogP contribution is 2.11. The van der Waals surface area contributed by atoms with Crippen LogP contribution in [0.3, 0.4) is 0 Å². The Morgan fingerprint density at radius 2 is 2.06 bits per heavy atom. The number of ether oxygens (including phenoxy) is 1. The molecule has 0 aliphatic carbocycles. The molecule has 0 aliphatic heterocycles. The van der Waals surface area contributed by atoms with E-state index in [9.17, 15) is 0 Å². The van der Waals surface area contributed by atoms with Gasteiger partial charge in [0.25, 0.3) is 0 Å². The molecule has 84 valence electrons. The van der Waals surface area contributed by atoms with Crippen molar-refractivity contribution in [1.29, 1.82) is 5.26 Å². The van der Waals surface area contributed by atoms with Crippen molar-refractivity contribution in [2.45, 2.75) is 6.61 Å². The van der Waals surface area contributed by atoms with E-state index in [1.54, 1.807) is 0 Å². The first-order valence-corrected chi connectivity index (χ1v) is 4.99. The van der Waals surface area contributed by atoms with Gasteiger partial charge in [-0.3, -0.25) is 0 Å². The second-order valence-corrected chi connectivity index (χ2v) is 3.30. The number of rotatable bonds is 3. The number of nitrogen functional groups attached to an aromatic ring is 1. The van der Waals surface area contributed by atoms with Crippen LogP contribution in [0.25, 0.3) is 0 Å². The topological polar surface area (TPSA) is 84.8 Å². The molecule has 0 spiro atoms. The van der Waals surface area contributed by atoms with Gasteiger partial charge in [-0.25, -0.2) is 9.97 Å². The monoisotopic (exact) mass is 226 g/mol. The number of hydrogen-bond donors (Lipinski definition) is 1. The Morgan fingerprint density at radius 1 is 1.29 bits per heavy atom. The predicted octanol–water partition coefficient (Wildman–Crippen LogP) is 1.51. The van der Waals surface area contributed by atoms with E-state index in [4.69, 9.17) is 15.7 Å². The minimum atomic E-state index is 0.175. The lowest BCUT2D eigenvalue weighted by Gasteiger charge is -2.05. The molecule has 0 saturated heterocycles. The molecule has 1 aromatic carbocycles. The maximum absolute atomic E-state index is 8.68. The van der Waals surface area contributed by atoms with Crippen molar-refractivity contribution < 1.29 is 4.74 Å². The van der Waals surface area contributed by atoms with E-state index in [1.807, 2.05) is 36.4 Å². The molecule has 0 amide bonds. The number of aromatic nitrogens is 2. The summed E-state index contributed by atoms with van der Waals surface area (Å²) in [5, 5.41) is 8.68. The van der Waals surface area contributed by atoms with Gasteiger partial charge in [0, 0.05) is 0 Å². The van der Waals surface area contributed by atoms with Gasteiger partial charge in [0.2, 0.25) is 0 Å². The van der Waals surface area contributed by atoms with Gasteiger partial charge in [0.15, 0.2) is 5.82 Å². The Balaban J connectivity index is 2.06. The second kappa shape index (κ2) is 4.94. The molecular formula is C12H10N4O. The Morgan fingerprint density at radius 3 is 2.71 bits per heavy atom. The molecule has 0 radical (unpaired) electrons. The molecule has 0 atom stereocenters. The van der Waals surface area contributed by atoms with E-state index >= 15 is 0 Å². The normalized spacial score (nSPS) is 9.59. The van der Waals surface area contributed by atoms with E-state index < -0.39 is 0 Å². The van der Waals surface area contributed by atoms with E-state index in [-0.39, 0.29) is 18.0 Å². The molecule has 0 aliphatic rings. The van der Waals surface area contributed by atoms with Crippen LogP contribution in [0.15, 0.2) is 36.5 Å². The molecule has 1 heterocycles. The highest BCUT2D eigenvalue weighted by molar-refractivity contribution is 5.46. The Bertz CT molecular complexity index is 548. The van der Waals surface area contributed by atoms with Crippen LogP contribution in [0.5, 0.6) is 5.75 Å². The summed E-state index contributed by atoms with van der Waals surface area (Å²) < 4.78 is 5.46. The smallest absolute Gasteiger partial charge is 0.168 e. The lowest BCUT2D eigenvalue weighted by molar-refractivity contribution is 0.296. The molecular weight excluding hydrogens is 216 g/mol. The standard InChI is InChI=1S/C12H10N4O/c13-6-9-7-15-11(16-12(9)14)8-17-10-4-2-1-3-5-10/h1-5,7H,8H2,(H2,14,15,16). The molecule has 2 rings (SSSR count). The van der Waals surface area contributed by atoms with Gasteiger partial charge < -0.3 is 10.5 Å². The van der Waals surface area contributed by atoms with Crippen LogP contribution in [0, 0.1) is 11.3 Å². The average Bonchev–Trinajstić information content (AvgIpc) is 2.38. The first-order chi connectivity index (χ1) is 8.29. The molecule has 0 bridgehead atoms. The van der Waals surface area contributed by atoms with Crippen LogP contribution >= 0.6 is 0 Å². The van der Waals surface area contributed by atoms with E-state index in [1.165, 1.54) is 6.20 Å². The van der Waals surface area contributed by atoms with Crippen LogP contribution < -0.4 is 10.5 Å². The number of benzene rings is 1. The van der Waals surface area contributed by atoms with Crippen molar-refractivity contribution in [2.75, 3.05) is 5.73 Å². The zero-order chi connectivity index (χ0) is 12.1. The molecule has 0 fully saturated rings. The van der Waals surface area contributed by atoms with Crippen molar-refractivity contribution in [1.82, 2.24) is 9.97 Å². The Labute approximate surface area is 98.5 Å². The predicted molar refractivity (Wildman–Crippen MR) is 61.9 cm³/mol. The van der Waals surface area contributed by atoms with Gasteiger partial charge in [-0.2, -0.15) is 5.26 Å². The molecule has 0 unspecified atom stereocenters. The minimum Gasteiger partial charge on any atom is -0.486 e. The maximum Gasteiger partial charge on any atom is 0.168 e. The summed E-state index contributed by atoms with van der Waals surface area (Å²) in [6.07, 6.45) is 1.39. The van der Waals surface area contributed by atoms with E-state index in [2.05, 4.69) is 9.97 Å². The van der Waals surface area contributed by atoms with Crippen molar-refractivity contribution >= 4 is 5.82 Å². The molecule has 0 saturated carbocycles. The number of nitrogens with two attached hydrogens (primary N) is 1. The van der Waals surface area contributed by atoms with Crippen LogP contribution in [0.2, 0.25) is 0 Å². The largest absolute Gasteiger partial charge is 0.486 e. The van der Waals surface area contributed by atoms with Gasteiger partial charge in [0.1, 0.15) is 29.8 Å². The summed E-state index contributed by atoms with van der Waals surface area (Å²) in [7, 11) is 0. The quantitative estimate of drug-likeness (QED) is 0.857. The second-order valence-electron chi connectivity index (χ2n) is 3.30. The highest BCUT2D eigenvalue weighted by Gasteiger charge is 2.03. The van der Waals surface area contributed by atoms with E-state index in [0.29, 0.717) is 5.82 Å². The number of para-hydroxylation sites is 1. The summed E-state index contributed by atoms with van der Waals surface area (Å²) >= 11 is 0. The van der Waals surface area contributed by atoms with Crippen LogP contribution in [0.1, 0.15) is 11.4 Å². The number of nitriles is 1. The number of nitrogens with zero attached hydrogens (tertiary/aromatic N) is 3. The van der Waals surface area contributed by atoms with Gasteiger partial charge in [-0.1, -0.05) is 18.2 Å². The summed E-state index contributed by atoms with van der Waals surface area (Å²) in [5.74, 6) is 1.36. The Hall–Kier alpha value is -2.61. The van der Waals surface area contributed by atoms with Gasteiger partial charge in [0.05, 0.1) is 6.20 Å². The van der Waals surface area contributed by atoms with Crippen molar-refractivity contribution in [3.63, 3.8) is 0 Å². The molecule has 2 N–H and O–H groups in total. The first-order valence-electron chi connectivity index (χ1n) is 4.99. The van der Waals surface area contributed by atoms with Crippen molar-refractivity contribution in [3.8, 4) is 11.8 Å². The van der Waals surface area contributed by atoms with Gasteiger partial charge in [-0.05, 0) is 12.1 Å². The Kier molecular flexibility index (Phi) is 3.17. The number of hydrogen-bond acceptors (Lipinski definition) is 5. The van der Waals surface area contributed by atoms with Gasteiger partial charge in [-0.15, -0.1) is 0 Å². The SMILES string of the molecule is N#Cc1cnc(COc2ccccc2)nc1N. The zero-order valence-corrected chi connectivity index (χ0v) is 9.00. The van der Waals surface area contributed by atoms with Crippen LogP contribution in [-0.4, -0.2) is 9.97 Å². The maximum atomic E-state index is 8.68. The van der Waals surface area contributed by atoms with Crippen LogP contribution in [-0.2, 0) is 6.61 Å². The van der Waals surface area contributed by atoms with Crippen LogP contribution in [0.4, 0.5) is 5.82 Å². The lowest BCUT2D eigenvalue weighted by Crippen LogP contribution is -2.05. The fourth-order valence-electron chi connectivity index (χ4n) is 1.25. The third-order valence-electron chi connectivity index (χ3n) is 2.10. The third kappa shape index (κ3) is 2.69. The highest BCUT2D eigenvalue weighted by atomic mass is 16.5. The average molecular weight is 226 g/mol. The van der Waals surface area contributed by atoms with E-state index in [0.717, 1.165) is 5.75 Å². The molecule has 5 nitrogen and oxygen atoms in total. The third-order valence-corrected chi connectivity index (χ3v) is 2.10. The lowest BCUT2D eigenvalue weighted by atomic mass is 10.3. The minimum absolute atomic E-state index is 0.175. The molecule has 1 aromatic heterocycles. The van der Waals surface area contributed by atoms with Crippen molar-refractivity contribution in [3.05, 3.63) is 47.9 Å². The molecule has 2 aromatic rings. The zero-order valence-electron chi connectivity index (χ0n) is 9.00. The molecule has 17 heavy (non-hydrogen) atoms. The first kappa shape index (κ1) is 10.9. The fourth-order valence-corrected chi connectivity index (χ4v) is 1.25. The summed E-state index contributed by atoms with van der Waals surface area (Å²) in [6, 6.07) is 11.2. The summed E-state index contributed by atoms with van der Waals surface area (Å²) in [4.78, 5) is 7.97. The van der Waals surface area contributed by atoms with Gasteiger partial charge >= 0.3 is 0 Å². The number of anilines is 1. The molecule has 5 heteroatoms. The summed E-state index contributed by atoms with van der Waals surface area (Å²) in [6.45, 7) is 0.222. The van der Waals surface area contributed by atoms with Crippen molar-refractivity contribution in [2.24, 2.45) is 0 Å². The fraction of sp³-hybridized carbons (Fsp3) is 0.0833. The summed E-state index contributed by atoms with van der Waals surface area (Å²) in [5.41, 5.74) is 5.84.